The van der Waals surface area contributed by atoms with E-state index in [2.05, 4.69) is 17.5 Å². The number of urea groups is 1. The summed E-state index contributed by atoms with van der Waals surface area (Å²) in [6.45, 7) is 1.85. The fraction of sp³-hybridized carbons (Fsp3) is 0.750. The molecule has 0 aromatic carbocycles. The Morgan fingerprint density at radius 1 is 1.19 bits per heavy atom. The van der Waals surface area contributed by atoms with Crippen molar-refractivity contribution in [2.24, 2.45) is 23.7 Å². The second-order valence-corrected chi connectivity index (χ2v) is 6.66. The van der Waals surface area contributed by atoms with Gasteiger partial charge in [0.1, 0.15) is 0 Å². The highest BCUT2D eigenvalue weighted by atomic mass is 16.4. The molecule has 5 heteroatoms. The van der Waals surface area contributed by atoms with E-state index in [1.165, 1.54) is 12.8 Å². The first-order valence-corrected chi connectivity index (χ1v) is 8.07. The summed E-state index contributed by atoms with van der Waals surface area (Å²) in [5.74, 6) is 1.23. The molecular formula is C16H24N2O3. The van der Waals surface area contributed by atoms with Crippen LogP contribution in [0.1, 0.15) is 32.1 Å². The molecule has 2 bridgehead atoms. The van der Waals surface area contributed by atoms with Crippen LogP contribution in [0, 0.1) is 23.7 Å². The highest BCUT2D eigenvalue weighted by molar-refractivity contribution is 5.75. The number of rotatable bonds is 4. The molecule has 21 heavy (non-hydrogen) atoms. The first-order chi connectivity index (χ1) is 10.1. The first-order valence-electron chi connectivity index (χ1n) is 8.07. The van der Waals surface area contributed by atoms with E-state index >= 15 is 0 Å². The van der Waals surface area contributed by atoms with Crippen LogP contribution in [0.3, 0.4) is 0 Å². The minimum absolute atomic E-state index is 0.0301. The third-order valence-corrected chi connectivity index (χ3v) is 5.34. The fourth-order valence-electron chi connectivity index (χ4n) is 4.03. The van der Waals surface area contributed by atoms with E-state index < -0.39 is 5.97 Å². The summed E-state index contributed by atoms with van der Waals surface area (Å²) < 4.78 is 0. The second kappa shape index (κ2) is 6.08. The number of fused-ring (bicyclic) bond motifs is 2. The molecule has 116 valence electrons. The number of carbonyl (C=O) groups is 2. The van der Waals surface area contributed by atoms with Crippen LogP contribution in [0.2, 0.25) is 0 Å². The molecule has 2 amide bonds. The Balaban J connectivity index is 1.35. The molecule has 0 aromatic rings. The normalized spacial score (nSPS) is 31.6. The number of hydrogen-bond acceptors (Lipinski definition) is 2. The van der Waals surface area contributed by atoms with Gasteiger partial charge in [-0.3, -0.25) is 4.79 Å². The van der Waals surface area contributed by atoms with Gasteiger partial charge in [-0.1, -0.05) is 12.2 Å². The van der Waals surface area contributed by atoms with E-state index in [0.717, 1.165) is 30.7 Å². The van der Waals surface area contributed by atoms with Gasteiger partial charge >= 0.3 is 12.0 Å². The predicted octanol–water partition coefficient (Wildman–Crippen LogP) is 2.09. The minimum Gasteiger partial charge on any atom is -0.481 e. The average molecular weight is 292 g/mol. The highest BCUT2D eigenvalue weighted by Crippen LogP contribution is 2.44. The number of allylic oxidation sites excluding steroid dienone is 2. The zero-order chi connectivity index (χ0) is 14.8. The zero-order valence-corrected chi connectivity index (χ0v) is 12.3. The van der Waals surface area contributed by atoms with Crippen LogP contribution >= 0.6 is 0 Å². The highest BCUT2D eigenvalue weighted by Gasteiger charge is 2.35. The van der Waals surface area contributed by atoms with Gasteiger partial charge in [0, 0.05) is 19.6 Å². The molecule has 1 saturated heterocycles. The van der Waals surface area contributed by atoms with Crippen LogP contribution in [0.4, 0.5) is 4.79 Å². The Hall–Kier alpha value is -1.52. The van der Waals surface area contributed by atoms with Gasteiger partial charge in [-0.05, 0) is 49.9 Å². The molecule has 1 saturated carbocycles. The molecule has 3 aliphatic rings. The van der Waals surface area contributed by atoms with Crippen molar-refractivity contribution >= 4 is 12.0 Å². The minimum atomic E-state index is -0.737. The van der Waals surface area contributed by atoms with Gasteiger partial charge in [-0.15, -0.1) is 0 Å². The molecule has 0 aromatic heterocycles. The van der Waals surface area contributed by atoms with Crippen molar-refractivity contribution in [1.29, 1.82) is 0 Å². The molecule has 3 atom stereocenters. The molecule has 5 nitrogen and oxygen atoms in total. The Labute approximate surface area is 125 Å². The molecule has 2 N–H and O–H groups in total. The molecular weight excluding hydrogens is 268 g/mol. The molecule has 2 aliphatic carbocycles. The monoisotopic (exact) mass is 292 g/mol. The lowest BCUT2D eigenvalue weighted by Gasteiger charge is -2.30. The molecule has 1 unspecified atom stereocenters. The fourth-order valence-corrected chi connectivity index (χ4v) is 4.03. The van der Waals surface area contributed by atoms with Crippen LogP contribution in [-0.2, 0) is 4.79 Å². The van der Waals surface area contributed by atoms with E-state index in [4.69, 9.17) is 5.11 Å². The molecule has 3 rings (SSSR count). The Kier molecular flexibility index (Phi) is 4.17. The standard InChI is InChI=1S/C16H24N2O3/c19-15(20)12-4-7-18(8-5-12)16(21)17-6-3-14-10-11-1-2-13(14)9-11/h1-2,11-14H,3-10H2,(H,17,21)(H,19,20)/t11-,13+,14?/m1/s1. The summed E-state index contributed by atoms with van der Waals surface area (Å²) in [4.78, 5) is 24.7. The van der Waals surface area contributed by atoms with Crippen LogP contribution in [0.5, 0.6) is 0 Å². The Morgan fingerprint density at radius 3 is 2.52 bits per heavy atom. The van der Waals surface area contributed by atoms with Crippen molar-refractivity contribution in [3.05, 3.63) is 12.2 Å². The molecule has 1 heterocycles. The summed E-state index contributed by atoms with van der Waals surface area (Å²) in [6.07, 6.45) is 9.47. The van der Waals surface area contributed by atoms with E-state index in [9.17, 15) is 9.59 Å². The summed E-state index contributed by atoms with van der Waals surface area (Å²) >= 11 is 0. The number of carboxylic acid groups (broad SMARTS) is 1. The zero-order valence-electron chi connectivity index (χ0n) is 12.3. The maximum absolute atomic E-state index is 12.1. The van der Waals surface area contributed by atoms with Crippen LogP contribution in [-0.4, -0.2) is 41.6 Å². The number of aliphatic carboxylic acids is 1. The van der Waals surface area contributed by atoms with Gasteiger partial charge in [-0.2, -0.15) is 0 Å². The number of nitrogens with one attached hydrogen (secondary N) is 1. The third kappa shape index (κ3) is 3.22. The molecule has 0 spiro atoms. The van der Waals surface area contributed by atoms with Crippen LogP contribution in [0.25, 0.3) is 0 Å². The van der Waals surface area contributed by atoms with Crippen molar-refractivity contribution in [2.45, 2.75) is 32.1 Å². The average Bonchev–Trinajstić information content (AvgIpc) is 3.10. The third-order valence-electron chi connectivity index (χ3n) is 5.34. The number of carboxylic acids is 1. The summed E-state index contributed by atoms with van der Waals surface area (Å²) in [5, 5.41) is 12.0. The Bertz CT molecular complexity index is 441. The second-order valence-electron chi connectivity index (χ2n) is 6.66. The van der Waals surface area contributed by atoms with Gasteiger partial charge in [0.25, 0.3) is 0 Å². The van der Waals surface area contributed by atoms with Gasteiger partial charge in [0.15, 0.2) is 0 Å². The molecule has 1 aliphatic heterocycles. The first kappa shape index (κ1) is 14.4. The quantitative estimate of drug-likeness (QED) is 0.780. The smallest absolute Gasteiger partial charge is 0.317 e. The number of carbonyl (C=O) groups excluding carboxylic acids is 1. The lowest BCUT2D eigenvalue weighted by atomic mass is 9.91. The van der Waals surface area contributed by atoms with Gasteiger partial charge in [0.05, 0.1) is 5.92 Å². The van der Waals surface area contributed by atoms with Crippen LogP contribution < -0.4 is 5.32 Å². The van der Waals surface area contributed by atoms with E-state index in [0.29, 0.717) is 25.9 Å². The van der Waals surface area contributed by atoms with Crippen molar-refractivity contribution < 1.29 is 14.7 Å². The SMILES string of the molecule is O=C(O)C1CCN(C(=O)NCCC2C[C@@H]3C=C[C@H]2C3)CC1. The number of nitrogens with zero attached hydrogens (tertiary/aromatic N) is 1. The van der Waals surface area contributed by atoms with E-state index in [1.54, 1.807) is 4.90 Å². The summed E-state index contributed by atoms with van der Waals surface area (Å²) in [6, 6.07) is -0.0301. The topological polar surface area (TPSA) is 69.6 Å². The number of amides is 2. The maximum atomic E-state index is 12.1. The lowest BCUT2D eigenvalue weighted by molar-refractivity contribution is -0.143. The Morgan fingerprint density at radius 2 is 1.95 bits per heavy atom. The lowest BCUT2D eigenvalue weighted by Crippen LogP contribution is -2.45. The van der Waals surface area contributed by atoms with E-state index in [-0.39, 0.29) is 11.9 Å². The largest absolute Gasteiger partial charge is 0.481 e. The molecule has 0 radical (unpaired) electrons. The van der Waals surface area contributed by atoms with Crippen molar-refractivity contribution in [3.8, 4) is 0 Å². The summed E-state index contributed by atoms with van der Waals surface area (Å²) in [7, 11) is 0. The van der Waals surface area contributed by atoms with Crippen LogP contribution in [0.15, 0.2) is 12.2 Å². The van der Waals surface area contributed by atoms with Gasteiger partial charge in [-0.25, -0.2) is 4.79 Å². The number of likely N-dealkylation sites (tertiary alicyclic amines) is 1. The van der Waals surface area contributed by atoms with E-state index in [1.807, 2.05) is 0 Å². The number of piperidine rings is 1. The summed E-state index contributed by atoms with van der Waals surface area (Å²) in [5.41, 5.74) is 0. The van der Waals surface area contributed by atoms with Crippen molar-refractivity contribution in [1.82, 2.24) is 10.2 Å². The van der Waals surface area contributed by atoms with Crippen molar-refractivity contribution in [2.75, 3.05) is 19.6 Å². The van der Waals surface area contributed by atoms with Gasteiger partial charge in [0.2, 0.25) is 0 Å². The van der Waals surface area contributed by atoms with Gasteiger partial charge < -0.3 is 15.3 Å². The van der Waals surface area contributed by atoms with Crippen molar-refractivity contribution in [3.63, 3.8) is 0 Å². The predicted molar refractivity (Wildman–Crippen MR) is 78.8 cm³/mol. The number of hydrogen-bond donors (Lipinski definition) is 2. The maximum Gasteiger partial charge on any atom is 0.317 e. The molecule has 2 fully saturated rings.